The number of hydrogen-bond donors (Lipinski definition) is 4. The Morgan fingerprint density at radius 1 is 1.11 bits per heavy atom. The minimum atomic E-state index is -0.0744. The van der Waals surface area contributed by atoms with Crippen molar-refractivity contribution in [3.05, 3.63) is 57.3 Å². The lowest BCUT2D eigenvalue weighted by Crippen LogP contribution is -2.32. The second kappa shape index (κ2) is 13.2. The molecule has 0 spiro atoms. The van der Waals surface area contributed by atoms with Gasteiger partial charge in [-0.3, -0.25) is 4.79 Å². The number of thiophene rings is 1. The third-order valence-electron chi connectivity index (χ3n) is 5.70. The maximum Gasteiger partial charge on any atom is 0.321 e. The zero-order valence-electron chi connectivity index (χ0n) is 19.9. The number of carbonyl (C=O) groups excluding carboxylic acids is 2. The van der Waals surface area contributed by atoms with E-state index >= 15 is 0 Å². The van der Waals surface area contributed by atoms with Crippen LogP contribution in [0, 0.1) is 0 Å². The van der Waals surface area contributed by atoms with E-state index in [1.54, 1.807) is 17.5 Å². The Bertz CT molecular complexity index is 1150. The summed E-state index contributed by atoms with van der Waals surface area (Å²) in [6.45, 7) is 2.85. The minimum absolute atomic E-state index is 0.0646. The average Bonchev–Trinajstić information content (AvgIpc) is 3.59. The zero-order chi connectivity index (χ0) is 25.2. The predicted molar refractivity (Wildman–Crippen MR) is 148 cm³/mol. The van der Waals surface area contributed by atoms with Crippen molar-refractivity contribution in [1.29, 1.82) is 0 Å². The number of urea groups is 1. The van der Waals surface area contributed by atoms with Crippen LogP contribution < -0.4 is 21.3 Å². The monoisotopic (exact) mass is 571 g/mol. The highest BCUT2D eigenvalue weighted by atomic mass is 79.9. The van der Waals surface area contributed by atoms with E-state index in [9.17, 15) is 9.59 Å². The summed E-state index contributed by atoms with van der Waals surface area (Å²) in [4.78, 5) is 35.1. The molecule has 0 aliphatic carbocycles. The number of rotatable bonds is 11. The molecule has 0 radical (unpaired) electrons. The van der Waals surface area contributed by atoms with E-state index in [0.29, 0.717) is 37.0 Å². The number of halogens is 1. The molecule has 0 bridgehead atoms. The molecule has 1 saturated heterocycles. The maximum absolute atomic E-state index is 12.4. The van der Waals surface area contributed by atoms with Gasteiger partial charge in [-0.25, -0.2) is 9.78 Å². The van der Waals surface area contributed by atoms with E-state index in [1.165, 1.54) is 5.56 Å². The Morgan fingerprint density at radius 3 is 2.75 bits per heavy atom. The molecule has 0 unspecified atom stereocenters. The number of carbonyl (C=O) groups is 2. The molecular weight excluding hydrogens is 542 g/mol. The number of nitrogens with one attached hydrogen (secondary N) is 4. The third-order valence-corrected chi connectivity index (χ3v) is 7.01. The summed E-state index contributed by atoms with van der Waals surface area (Å²) in [6.07, 6.45) is 5.82. The molecule has 36 heavy (non-hydrogen) atoms. The van der Waals surface area contributed by atoms with E-state index in [2.05, 4.69) is 58.6 Å². The van der Waals surface area contributed by atoms with Gasteiger partial charge in [0.05, 0.1) is 4.47 Å². The van der Waals surface area contributed by atoms with Gasteiger partial charge in [0.1, 0.15) is 5.82 Å². The summed E-state index contributed by atoms with van der Waals surface area (Å²) in [5.74, 6) is 1.16. The number of hydrogen-bond acceptors (Lipinski definition) is 7. The summed E-state index contributed by atoms with van der Waals surface area (Å²) in [5.41, 5.74) is 2.69. The number of aromatic nitrogens is 2. The van der Waals surface area contributed by atoms with Crippen LogP contribution in [0.5, 0.6) is 0 Å². The lowest BCUT2D eigenvalue weighted by molar-refractivity contribution is -0.121. The van der Waals surface area contributed by atoms with Gasteiger partial charge in [-0.1, -0.05) is 6.07 Å². The molecular formula is C25H30BrN7O2S. The molecule has 3 heterocycles. The highest BCUT2D eigenvalue weighted by molar-refractivity contribution is 9.10. The van der Waals surface area contributed by atoms with Crippen molar-refractivity contribution in [2.75, 3.05) is 42.1 Å². The summed E-state index contributed by atoms with van der Waals surface area (Å²) in [6, 6.07) is 9.45. The van der Waals surface area contributed by atoms with Crippen molar-refractivity contribution < 1.29 is 9.59 Å². The molecule has 1 aliphatic heterocycles. The fraction of sp³-hybridized carbons (Fsp3) is 0.360. The molecule has 11 heteroatoms. The average molecular weight is 573 g/mol. The molecule has 1 aromatic carbocycles. The first-order chi connectivity index (χ1) is 17.6. The number of benzene rings is 1. The van der Waals surface area contributed by atoms with Crippen LogP contribution in [0.2, 0.25) is 0 Å². The van der Waals surface area contributed by atoms with Crippen LogP contribution in [0.3, 0.4) is 0 Å². The predicted octanol–water partition coefficient (Wildman–Crippen LogP) is 5.22. The fourth-order valence-electron chi connectivity index (χ4n) is 3.78. The van der Waals surface area contributed by atoms with Crippen LogP contribution in [0.15, 0.2) is 51.8 Å². The topological polar surface area (TPSA) is 111 Å². The quantitative estimate of drug-likeness (QED) is 0.235. The van der Waals surface area contributed by atoms with Gasteiger partial charge < -0.3 is 26.2 Å². The normalized spacial score (nSPS) is 12.9. The van der Waals surface area contributed by atoms with E-state index in [0.717, 1.165) is 48.9 Å². The molecule has 190 valence electrons. The van der Waals surface area contributed by atoms with Crippen molar-refractivity contribution in [3.8, 4) is 0 Å². The molecule has 4 N–H and O–H groups in total. The van der Waals surface area contributed by atoms with E-state index in [-0.39, 0.29) is 11.9 Å². The van der Waals surface area contributed by atoms with Crippen LogP contribution in [0.25, 0.3) is 0 Å². The first-order valence-corrected chi connectivity index (χ1v) is 13.8. The van der Waals surface area contributed by atoms with Crippen molar-refractivity contribution in [3.63, 3.8) is 0 Å². The van der Waals surface area contributed by atoms with Gasteiger partial charge in [-0.15, -0.1) is 0 Å². The van der Waals surface area contributed by atoms with Gasteiger partial charge in [0, 0.05) is 50.2 Å². The standard InChI is InChI=1S/C25H30BrN7O2S/c26-21-16-29-24(30-19-5-3-6-20(15-19)31-25(35)33-12-1-2-13-33)32-23(21)28-11-4-10-27-22(34)8-7-18-9-14-36-17-18/h3,5-6,9,14-17H,1-2,4,7-8,10-13H2,(H,27,34)(H,31,35)(H2,28,29,30,32). The molecule has 3 amide bonds. The van der Waals surface area contributed by atoms with Gasteiger partial charge in [-0.2, -0.15) is 16.3 Å². The van der Waals surface area contributed by atoms with Crippen LogP contribution in [-0.2, 0) is 11.2 Å². The molecule has 4 rings (SSSR count). The fourth-order valence-corrected chi connectivity index (χ4v) is 4.82. The SMILES string of the molecule is O=C(CCc1ccsc1)NCCCNc1nc(Nc2cccc(NC(=O)N3CCCC3)c2)ncc1Br. The van der Waals surface area contributed by atoms with Crippen LogP contribution in [-0.4, -0.2) is 53.0 Å². The van der Waals surface area contributed by atoms with Crippen molar-refractivity contribution >= 4 is 62.3 Å². The Kier molecular flexibility index (Phi) is 9.51. The summed E-state index contributed by atoms with van der Waals surface area (Å²) in [7, 11) is 0. The third kappa shape index (κ3) is 7.92. The maximum atomic E-state index is 12.4. The lowest BCUT2D eigenvalue weighted by Gasteiger charge is -2.16. The molecule has 1 fully saturated rings. The molecule has 2 aromatic heterocycles. The Morgan fingerprint density at radius 2 is 1.94 bits per heavy atom. The largest absolute Gasteiger partial charge is 0.369 e. The van der Waals surface area contributed by atoms with Crippen LogP contribution >= 0.6 is 27.3 Å². The molecule has 3 aromatic rings. The van der Waals surface area contributed by atoms with Crippen molar-refractivity contribution in [1.82, 2.24) is 20.2 Å². The number of nitrogens with zero attached hydrogens (tertiary/aromatic N) is 3. The second-order valence-electron chi connectivity index (χ2n) is 8.48. The highest BCUT2D eigenvalue weighted by Gasteiger charge is 2.17. The van der Waals surface area contributed by atoms with Gasteiger partial charge in [-0.05, 0) is 82.2 Å². The second-order valence-corrected chi connectivity index (χ2v) is 10.1. The van der Waals surface area contributed by atoms with Crippen molar-refractivity contribution in [2.24, 2.45) is 0 Å². The molecule has 1 aliphatic rings. The van der Waals surface area contributed by atoms with Crippen molar-refractivity contribution in [2.45, 2.75) is 32.1 Å². The lowest BCUT2D eigenvalue weighted by atomic mass is 10.2. The van der Waals surface area contributed by atoms with Crippen LogP contribution in [0.4, 0.5) is 27.9 Å². The Labute approximate surface area is 223 Å². The van der Waals surface area contributed by atoms with Gasteiger partial charge in [0.25, 0.3) is 0 Å². The Hall–Kier alpha value is -3.18. The van der Waals surface area contributed by atoms with Gasteiger partial charge in [0.15, 0.2) is 0 Å². The van der Waals surface area contributed by atoms with Gasteiger partial charge >= 0.3 is 6.03 Å². The van der Waals surface area contributed by atoms with Gasteiger partial charge in [0.2, 0.25) is 11.9 Å². The van der Waals surface area contributed by atoms with Crippen LogP contribution in [0.1, 0.15) is 31.2 Å². The molecule has 0 saturated carbocycles. The molecule has 9 nitrogen and oxygen atoms in total. The number of anilines is 4. The van der Waals surface area contributed by atoms with E-state index in [4.69, 9.17) is 0 Å². The molecule has 0 atom stereocenters. The Balaban J connectivity index is 1.22. The first-order valence-electron chi connectivity index (χ1n) is 12.0. The zero-order valence-corrected chi connectivity index (χ0v) is 22.3. The first kappa shape index (κ1) is 25.9. The summed E-state index contributed by atoms with van der Waals surface area (Å²) < 4.78 is 0.750. The highest BCUT2D eigenvalue weighted by Crippen LogP contribution is 2.23. The number of amides is 3. The number of aryl methyl sites for hydroxylation is 1. The smallest absolute Gasteiger partial charge is 0.321 e. The summed E-state index contributed by atoms with van der Waals surface area (Å²) >= 11 is 5.13. The van der Waals surface area contributed by atoms with E-state index < -0.39 is 0 Å². The summed E-state index contributed by atoms with van der Waals surface area (Å²) in [5, 5.41) is 16.5. The number of likely N-dealkylation sites (tertiary alicyclic amines) is 1. The van der Waals surface area contributed by atoms with E-state index in [1.807, 2.05) is 34.5 Å². The minimum Gasteiger partial charge on any atom is -0.369 e.